The van der Waals surface area contributed by atoms with E-state index in [-0.39, 0.29) is 34.0 Å². The summed E-state index contributed by atoms with van der Waals surface area (Å²) >= 11 is 1.97. The van der Waals surface area contributed by atoms with Crippen LogP contribution in [-0.4, -0.2) is 12.4 Å². The molecule has 9 aromatic rings. The fourth-order valence-corrected chi connectivity index (χ4v) is 14.8. The van der Waals surface area contributed by atoms with Crippen LogP contribution >= 0.6 is 11.3 Å². The molecule has 1 saturated carbocycles. The van der Waals surface area contributed by atoms with Gasteiger partial charge in [-0.05, 0) is 147 Å². The van der Waals surface area contributed by atoms with E-state index >= 15 is 0 Å². The van der Waals surface area contributed by atoms with Gasteiger partial charge in [-0.1, -0.05) is 179 Å². The first-order chi connectivity index (χ1) is 34.8. The van der Waals surface area contributed by atoms with E-state index in [4.69, 9.17) is 0 Å². The fraction of sp³-hybridized carbons (Fsp3) is 0.294. The van der Waals surface area contributed by atoms with E-state index in [2.05, 4.69) is 255 Å². The number of hydrogen-bond acceptors (Lipinski definition) is 4. The van der Waals surface area contributed by atoms with Crippen LogP contribution in [0.4, 0.5) is 39.8 Å². The van der Waals surface area contributed by atoms with Gasteiger partial charge < -0.3 is 14.6 Å². The van der Waals surface area contributed by atoms with Gasteiger partial charge in [0.2, 0.25) is 0 Å². The molecule has 8 aromatic carbocycles. The van der Waals surface area contributed by atoms with Crippen LogP contribution in [0.15, 0.2) is 164 Å². The van der Waals surface area contributed by atoms with Gasteiger partial charge in [-0.2, -0.15) is 0 Å². The lowest BCUT2D eigenvalue weighted by molar-refractivity contribution is 0.195. The molecule has 0 radical (unpaired) electrons. The van der Waals surface area contributed by atoms with Gasteiger partial charge in [0.1, 0.15) is 0 Å². The number of fused-ring (bicyclic) bond motifs is 11. The van der Waals surface area contributed by atoms with Gasteiger partial charge in [0.25, 0.3) is 0 Å². The Morgan fingerprint density at radius 1 is 0.521 bits per heavy atom. The van der Waals surface area contributed by atoms with Gasteiger partial charge in [0.15, 0.2) is 0 Å². The Hall–Kier alpha value is -6.56. The topological polar surface area (TPSA) is 9.72 Å². The largest absolute Gasteiger partial charge is 0.376 e. The minimum absolute atomic E-state index is 0.0249. The molecule has 0 bridgehead atoms. The highest BCUT2D eigenvalue weighted by atomic mass is 32.1. The van der Waals surface area contributed by atoms with Crippen molar-refractivity contribution in [2.24, 2.45) is 0 Å². The van der Waals surface area contributed by atoms with Crippen molar-refractivity contribution in [3.05, 3.63) is 186 Å². The summed E-state index contributed by atoms with van der Waals surface area (Å²) in [6.07, 6.45) is 4.77. The molecule has 0 N–H and O–H groups in total. The van der Waals surface area contributed by atoms with E-state index in [1.165, 1.54) is 123 Å². The molecule has 1 aromatic heterocycles. The zero-order valence-corrected chi connectivity index (χ0v) is 45.6. The predicted molar refractivity (Wildman–Crippen MR) is 317 cm³/mol. The van der Waals surface area contributed by atoms with E-state index in [9.17, 15) is 0 Å². The van der Waals surface area contributed by atoms with E-state index in [0.29, 0.717) is 0 Å². The van der Waals surface area contributed by atoms with Crippen molar-refractivity contribution < 1.29 is 0 Å². The van der Waals surface area contributed by atoms with Crippen LogP contribution < -0.4 is 25.5 Å². The van der Waals surface area contributed by atoms with Crippen LogP contribution in [-0.2, 0) is 21.7 Å². The van der Waals surface area contributed by atoms with Crippen LogP contribution in [0.3, 0.4) is 0 Å². The van der Waals surface area contributed by atoms with Crippen molar-refractivity contribution in [2.75, 3.05) is 14.6 Å². The first kappa shape index (κ1) is 46.2. The summed E-state index contributed by atoms with van der Waals surface area (Å²) in [7, 11) is 0. The van der Waals surface area contributed by atoms with E-state index in [1.54, 1.807) is 0 Å². The van der Waals surface area contributed by atoms with Crippen LogP contribution in [0.2, 0.25) is 0 Å². The third-order valence-corrected chi connectivity index (χ3v) is 19.0. The summed E-state index contributed by atoms with van der Waals surface area (Å²) in [6.45, 7) is 26.5. The summed E-state index contributed by atoms with van der Waals surface area (Å²) in [5.41, 5.74) is 22.2. The smallest absolute Gasteiger partial charge is 0.333 e. The van der Waals surface area contributed by atoms with E-state index in [1.807, 2.05) is 11.3 Å². The summed E-state index contributed by atoms with van der Waals surface area (Å²) in [4.78, 5) is 8.24. The maximum absolute atomic E-state index is 2.92. The lowest BCUT2D eigenvalue weighted by Gasteiger charge is -2.53. The second-order valence-corrected chi connectivity index (χ2v) is 26.4. The van der Waals surface area contributed by atoms with Crippen molar-refractivity contribution >= 4 is 89.1 Å². The molecule has 2 atom stereocenters. The van der Waals surface area contributed by atoms with Crippen LogP contribution in [0, 0.1) is 0 Å². The molecule has 364 valence electrons. The summed E-state index contributed by atoms with van der Waals surface area (Å²) in [6, 6.07) is 63.4. The van der Waals surface area contributed by atoms with Crippen molar-refractivity contribution in [3.8, 4) is 22.3 Å². The van der Waals surface area contributed by atoms with Crippen molar-refractivity contribution in [1.82, 2.24) is 0 Å². The second kappa shape index (κ2) is 16.0. The van der Waals surface area contributed by atoms with Crippen LogP contribution in [0.1, 0.15) is 124 Å². The Kier molecular flexibility index (Phi) is 10.1. The highest BCUT2D eigenvalue weighted by Gasteiger charge is 2.62. The quantitative estimate of drug-likeness (QED) is 0.159. The minimum atomic E-state index is -0.151. The Morgan fingerprint density at radius 2 is 1.12 bits per heavy atom. The molecule has 0 amide bonds. The Balaban J connectivity index is 1.22. The number of nitrogens with zero attached hydrogens (tertiary/aromatic N) is 3. The normalized spacial score (nSPS) is 19.0. The number of rotatable bonds is 5. The number of thiophene rings is 1. The molecular formula is C68H68BN3S. The number of hydrogen-bond donors (Lipinski definition) is 0. The number of para-hydroxylation sites is 2. The molecular weight excluding hydrogens is 902 g/mol. The molecule has 3 aliphatic heterocycles. The molecule has 4 heterocycles. The van der Waals surface area contributed by atoms with Crippen LogP contribution in [0.25, 0.3) is 42.4 Å². The number of benzene rings is 8. The molecule has 1 fully saturated rings. The van der Waals surface area contributed by atoms with Crippen LogP contribution in [0.5, 0.6) is 0 Å². The first-order valence-corrected chi connectivity index (χ1v) is 27.7. The van der Waals surface area contributed by atoms with Gasteiger partial charge >= 0.3 is 6.85 Å². The lowest BCUT2D eigenvalue weighted by Crippen LogP contribution is -2.64. The molecule has 2 unspecified atom stereocenters. The highest BCUT2D eigenvalue weighted by molar-refractivity contribution is 7.26. The average molecular weight is 970 g/mol. The maximum Gasteiger partial charge on any atom is 0.333 e. The Labute approximate surface area is 438 Å². The maximum atomic E-state index is 2.92. The van der Waals surface area contributed by atoms with Crippen molar-refractivity contribution in [2.45, 2.75) is 129 Å². The monoisotopic (exact) mass is 970 g/mol. The molecule has 13 rings (SSSR count). The van der Waals surface area contributed by atoms with Gasteiger partial charge in [-0.15, -0.1) is 11.3 Å². The minimum Gasteiger partial charge on any atom is -0.376 e. The summed E-state index contributed by atoms with van der Waals surface area (Å²) < 4.78 is 2.68. The van der Waals surface area contributed by atoms with E-state index in [0.717, 1.165) is 17.8 Å². The SMILES string of the molecule is CC(C)(C)c1ccc(N2B3c4cc(C(C)(C)C)cc5c4N(c4cc(N(c6ccccc6)c6ccccc6)cc(c43)-c3c2ccc2c3sc3ccc(C(C)(C)C)cc32)C2(C)CCCCC52C)c(-c2ccccc2)c1. The van der Waals surface area contributed by atoms with Crippen molar-refractivity contribution in [1.29, 1.82) is 0 Å². The summed E-state index contributed by atoms with van der Waals surface area (Å²) in [5.74, 6) is 0. The molecule has 0 saturated heterocycles. The Morgan fingerprint density at radius 3 is 1.78 bits per heavy atom. The molecule has 5 heteroatoms. The first-order valence-electron chi connectivity index (χ1n) is 26.9. The lowest BCUT2D eigenvalue weighted by atomic mass is 9.43. The molecule has 1 aliphatic carbocycles. The van der Waals surface area contributed by atoms with Crippen molar-refractivity contribution in [3.63, 3.8) is 0 Å². The van der Waals surface area contributed by atoms with Gasteiger partial charge in [0.05, 0.1) is 5.54 Å². The molecule has 0 spiro atoms. The highest BCUT2D eigenvalue weighted by Crippen LogP contribution is 2.64. The molecule has 3 nitrogen and oxygen atoms in total. The second-order valence-electron chi connectivity index (χ2n) is 25.3. The standard InChI is InChI=1S/C68H68BN3S/c1-64(2,3)44-29-32-56(51(37-44)43-23-15-12-16-24-43)72-57-33-31-50-52-38-45(65(4,5)6)30-34-59(52)73-63(50)60(57)53-41-49(70(47-25-17-13-18-26-47)48-27-19-14-20-28-48)42-58-61(53)69(72)55-40-46(66(7,8)9)39-54-62(55)71(58)68(11)36-22-21-35-67(54,68)10/h12-20,23-34,37-42H,21-22,35-36H2,1-11H3. The fourth-order valence-electron chi connectivity index (χ4n) is 13.6. The zero-order valence-electron chi connectivity index (χ0n) is 44.7. The summed E-state index contributed by atoms with van der Waals surface area (Å²) in [5, 5.41) is 2.68. The predicted octanol–water partition coefficient (Wildman–Crippen LogP) is 18.1. The third kappa shape index (κ3) is 6.83. The van der Waals surface area contributed by atoms with E-state index < -0.39 is 0 Å². The molecule has 73 heavy (non-hydrogen) atoms. The zero-order chi connectivity index (χ0) is 50.6. The average Bonchev–Trinajstić information content (AvgIpc) is 3.85. The van der Waals surface area contributed by atoms with Gasteiger partial charge in [-0.25, -0.2) is 0 Å². The van der Waals surface area contributed by atoms with Gasteiger partial charge in [-0.3, -0.25) is 0 Å². The number of anilines is 7. The van der Waals surface area contributed by atoms with Gasteiger partial charge in [0, 0.05) is 76.5 Å². The Bertz CT molecular complexity index is 3650. The third-order valence-electron chi connectivity index (χ3n) is 17.8. The molecule has 4 aliphatic rings.